The first-order valence-corrected chi connectivity index (χ1v) is 4.52. The Labute approximate surface area is 83.4 Å². The van der Waals surface area contributed by atoms with E-state index >= 15 is 0 Å². The van der Waals surface area contributed by atoms with E-state index in [1.54, 1.807) is 12.1 Å². The fraction of sp³-hybridized carbons (Fsp3) is 0.273. The highest BCUT2D eigenvalue weighted by Crippen LogP contribution is 2.13. The van der Waals surface area contributed by atoms with Crippen LogP contribution in [-0.2, 0) is 4.79 Å². The molecule has 0 aliphatic rings. The van der Waals surface area contributed by atoms with Crippen molar-refractivity contribution in [3.63, 3.8) is 0 Å². The quantitative estimate of drug-likeness (QED) is 0.780. The van der Waals surface area contributed by atoms with Gasteiger partial charge in [0, 0.05) is 6.54 Å². The second kappa shape index (κ2) is 5.03. The Morgan fingerprint density at radius 2 is 2.14 bits per heavy atom. The molecule has 0 spiro atoms. The van der Waals surface area contributed by atoms with Crippen molar-refractivity contribution in [1.82, 2.24) is 5.32 Å². The van der Waals surface area contributed by atoms with E-state index in [1.165, 1.54) is 0 Å². The molecule has 1 aromatic carbocycles. The molecule has 0 saturated carbocycles. The van der Waals surface area contributed by atoms with Crippen molar-refractivity contribution >= 4 is 5.91 Å². The number of nitrogens with one attached hydrogen (secondary N) is 1. The number of amides is 1. The normalized spacial score (nSPS) is 11.4. The van der Waals surface area contributed by atoms with Crippen molar-refractivity contribution in [3.05, 3.63) is 35.9 Å². The third-order valence-corrected chi connectivity index (χ3v) is 1.88. The molecule has 1 atom stereocenters. The van der Waals surface area contributed by atoms with Crippen molar-refractivity contribution in [2.75, 3.05) is 6.54 Å². The van der Waals surface area contributed by atoms with E-state index in [2.05, 4.69) is 5.32 Å². The van der Waals surface area contributed by atoms with Gasteiger partial charge in [0.1, 0.15) is 5.92 Å². The number of hydrogen-bond donors (Lipinski definition) is 1. The molecule has 0 fully saturated rings. The Morgan fingerprint density at radius 1 is 1.50 bits per heavy atom. The van der Waals surface area contributed by atoms with Crippen LogP contribution in [0.5, 0.6) is 0 Å². The maximum absolute atomic E-state index is 11.4. The zero-order chi connectivity index (χ0) is 10.4. The third-order valence-electron chi connectivity index (χ3n) is 1.88. The van der Waals surface area contributed by atoms with E-state index in [-0.39, 0.29) is 5.91 Å². The number of hydrogen-bond acceptors (Lipinski definition) is 2. The van der Waals surface area contributed by atoms with Crippen LogP contribution in [0.3, 0.4) is 0 Å². The Bertz CT molecular complexity index is 340. The Kier molecular flexibility index (Phi) is 3.69. The Balaban J connectivity index is 2.84. The maximum Gasteiger partial charge on any atom is 0.241 e. The van der Waals surface area contributed by atoms with Gasteiger partial charge in [-0.3, -0.25) is 4.79 Å². The predicted molar refractivity (Wildman–Crippen MR) is 53.5 cm³/mol. The third kappa shape index (κ3) is 2.33. The summed E-state index contributed by atoms with van der Waals surface area (Å²) in [5.74, 6) is -0.933. The molecule has 0 aliphatic heterocycles. The van der Waals surface area contributed by atoms with Crippen molar-refractivity contribution in [3.8, 4) is 6.07 Å². The van der Waals surface area contributed by atoms with Crippen molar-refractivity contribution in [1.29, 1.82) is 5.26 Å². The molecule has 3 nitrogen and oxygen atoms in total. The van der Waals surface area contributed by atoms with Gasteiger partial charge in [0.25, 0.3) is 0 Å². The summed E-state index contributed by atoms with van der Waals surface area (Å²) < 4.78 is 0. The van der Waals surface area contributed by atoms with E-state index in [1.807, 2.05) is 31.2 Å². The lowest BCUT2D eigenvalue weighted by Crippen LogP contribution is -2.28. The largest absolute Gasteiger partial charge is 0.355 e. The highest BCUT2D eigenvalue weighted by molar-refractivity contribution is 5.86. The van der Waals surface area contributed by atoms with Gasteiger partial charge in [0.15, 0.2) is 0 Å². The number of carbonyl (C=O) groups is 1. The topological polar surface area (TPSA) is 52.9 Å². The van der Waals surface area contributed by atoms with Crippen molar-refractivity contribution in [2.24, 2.45) is 0 Å². The minimum absolute atomic E-state index is 0.235. The summed E-state index contributed by atoms with van der Waals surface area (Å²) in [5, 5.41) is 11.5. The van der Waals surface area contributed by atoms with Gasteiger partial charge in [-0.1, -0.05) is 30.3 Å². The van der Waals surface area contributed by atoms with Gasteiger partial charge in [-0.15, -0.1) is 0 Å². The van der Waals surface area contributed by atoms with Gasteiger partial charge in [-0.05, 0) is 12.5 Å². The molecule has 0 aromatic heterocycles. The lowest BCUT2D eigenvalue weighted by molar-refractivity contribution is -0.121. The second-order valence-corrected chi connectivity index (χ2v) is 2.87. The van der Waals surface area contributed by atoms with Crippen molar-refractivity contribution < 1.29 is 4.79 Å². The van der Waals surface area contributed by atoms with E-state index in [9.17, 15) is 4.79 Å². The van der Waals surface area contributed by atoms with Crippen molar-refractivity contribution in [2.45, 2.75) is 12.8 Å². The number of likely N-dealkylation sites (N-methyl/N-ethyl adjacent to an activating group) is 1. The molecular weight excluding hydrogens is 176 g/mol. The first kappa shape index (κ1) is 10.3. The molecule has 0 aliphatic carbocycles. The molecule has 3 heteroatoms. The molecule has 1 amide bonds. The summed E-state index contributed by atoms with van der Waals surface area (Å²) >= 11 is 0. The molecular formula is C11H12N2O. The van der Waals surface area contributed by atoms with Crippen LogP contribution in [0.25, 0.3) is 0 Å². The molecule has 0 saturated heterocycles. The van der Waals surface area contributed by atoms with Crippen LogP contribution < -0.4 is 5.32 Å². The number of rotatable bonds is 3. The Hall–Kier alpha value is -1.82. The molecule has 1 rings (SSSR count). The van der Waals surface area contributed by atoms with Gasteiger partial charge in [0.2, 0.25) is 5.91 Å². The molecule has 72 valence electrons. The summed E-state index contributed by atoms with van der Waals surface area (Å²) in [6.07, 6.45) is 0. The second-order valence-electron chi connectivity index (χ2n) is 2.87. The summed E-state index contributed by atoms with van der Waals surface area (Å²) in [5.41, 5.74) is 0.737. The van der Waals surface area contributed by atoms with E-state index in [0.29, 0.717) is 6.54 Å². The summed E-state index contributed by atoms with van der Waals surface area (Å²) in [6.45, 7) is 2.38. The van der Waals surface area contributed by atoms with Gasteiger partial charge >= 0.3 is 0 Å². The highest BCUT2D eigenvalue weighted by atomic mass is 16.1. The van der Waals surface area contributed by atoms with E-state index < -0.39 is 5.92 Å². The van der Waals surface area contributed by atoms with Gasteiger partial charge < -0.3 is 5.32 Å². The summed E-state index contributed by atoms with van der Waals surface area (Å²) in [6, 6.07) is 11.0. The monoisotopic (exact) mass is 188 g/mol. The minimum atomic E-state index is -0.698. The number of carbonyl (C=O) groups excluding carboxylic acids is 1. The summed E-state index contributed by atoms with van der Waals surface area (Å²) in [7, 11) is 0. The van der Waals surface area contributed by atoms with Crippen LogP contribution in [0.15, 0.2) is 30.3 Å². The first-order chi connectivity index (χ1) is 6.79. The van der Waals surface area contributed by atoms with Crippen LogP contribution in [0.1, 0.15) is 18.4 Å². The maximum atomic E-state index is 11.4. The standard InChI is InChI=1S/C11H12N2O/c1-2-13-11(14)10(8-12)9-6-4-3-5-7-9/h3-7,10H,2H2,1H3,(H,13,14). The molecule has 1 aromatic rings. The minimum Gasteiger partial charge on any atom is -0.355 e. The number of benzene rings is 1. The van der Waals surface area contributed by atoms with Crippen LogP contribution in [0, 0.1) is 11.3 Å². The van der Waals surface area contributed by atoms with Gasteiger partial charge in [-0.25, -0.2) is 0 Å². The molecule has 14 heavy (non-hydrogen) atoms. The average molecular weight is 188 g/mol. The van der Waals surface area contributed by atoms with Gasteiger partial charge in [-0.2, -0.15) is 5.26 Å². The fourth-order valence-corrected chi connectivity index (χ4v) is 1.21. The molecule has 1 N–H and O–H groups in total. The average Bonchev–Trinajstić information content (AvgIpc) is 2.21. The number of nitrogens with zero attached hydrogens (tertiary/aromatic N) is 1. The van der Waals surface area contributed by atoms with Crippen LogP contribution in [0.2, 0.25) is 0 Å². The molecule has 1 unspecified atom stereocenters. The Morgan fingerprint density at radius 3 is 2.64 bits per heavy atom. The first-order valence-electron chi connectivity index (χ1n) is 4.52. The fourth-order valence-electron chi connectivity index (χ4n) is 1.21. The van der Waals surface area contributed by atoms with Gasteiger partial charge in [0.05, 0.1) is 6.07 Å². The zero-order valence-corrected chi connectivity index (χ0v) is 8.03. The molecule has 0 radical (unpaired) electrons. The van der Waals surface area contributed by atoms with Crippen LogP contribution in [0.4, 0.5) is 0 Å². The van der Waals surface area contributed by atoms with Crippen LogP contribution in [-0.4, -0.2) is 12.5 Å². The molecule has 0 bridgehead atoms. The highest BCUT2D eigenvalue weighted by Gasteiger charge is 2.18. The zero-order valence-electron chi connectivity index (χ0n) is 8.03. The van der Waals surface area contributed by atoms with E-state index in [4.69, 9.17) is 5.26 Å². The molecule has 0 heterocycles. The summed E-state index contributed by atoms with van der Waals surface area (Å²) in [4.78, 5) is 11.4. The lowest BCUT2D eigenvalue weighted by atomic mass is 10.00. The van der Waals surface area contributed by atoms with Crippen LogP contribution >= 0.6 is 0 Å². The predicted octanol–water partition coefficient (Wildman–Crippen LogP) is 1.43. The SMILES string of the molecule is CCNC(=O)C(C#N)c1ccccc1. The lowest BCUT2D eigenvalue weighted by Gasteiger charge is -2.08. The van der Waals surface area contributed by atoms with E-state index in [0.717, 1.165) is 5.56 Å². The number of nitriles is 1. The smallest absolute Gasteiger partial charge is 0.241 e.